The number of ether oxygens (including phenoxy) is 1. The van der Waals surface area contributed by atoms with Gasteiger partial charge in [-0.05, 0) is 36.6 Å². The summed E-state index contributed by atoms with van der Waals surface area (Å²) in [6, 6.07) is 6.98. The third-order valence-electron chi connectivity index (χ3n) is 4.82. The van der Waals surface area contributed by atoms with Gasteiger partial charge in [-0.25, -0.2) is 32.0 Å². The largest absolute Gasteiger partial charge is 0.465 e. The molecule has 2 aromatic carbocycles. The van der Waals surface area contributed by atoms with Gasteiger partial charge in [0.1, 0.15) is 17.5 Å². The van der Waals surface area contributed by atoms with Crippen molar-refractivity contribution in [2.24, 2.45) is 0 Å². The molecular weight excluding hydrogens is 428 g/mol. The first-order valence-electron chi connectivity index (χ1n) is 9.31. The van der Waals surface area contributed by atoms with Crippen LogP contribution in [0.25, 0.3) is 11.1 Å². The molecule has 0 unspecified atom stereocenters. The molecule has 1 heterocycles. The molecule has 1 aliphatic rings. The fraction of sp³-hybridized carbons (Fsp3) is 0.190. The molecule has 160 valence electrons. The molecule has 31 heavy (non-hydrogen) atoms. The molecule has 0 saturated heterocycles. The van der Waals surface area contributed by atoms with E-state index in [-0.39, 0.29) is 4.90 Å². The van der Waals surface area contributed by atoms with Crippen LogP contribution in [0.2, 0.25) is 0 Å². The second kappa shape index (κ2) is 8.03. The van der Waals surface area contributed by atoms with Crippen molar-refractivity contribution in [3.8, 4) is 11.1 Å². The quantitative estimate of drug-likeness (QED) is 0.578. The van der Waals surface area contributed by atoms with E-state index in [0.29, 0.717) is 23.6 Å². The summed E-state index contributed by atoms with van der Waals surface area (Å²) in [5, 5.41) is 0. The number of esters is 1. The number of hydrogen-bond acceptors (Lipinski definition) is 6. The molecule has 0 amide bonds. The van der Waals surface area contributed by atoms with Crippen molar-refractivity contribution in [1.29, 1.82) is 0 Å². The molecular formula is C21H17F2N3O4S. The van der Waals surface area contributed by atoms with Gasteiger partial charge in [0.25, 0.3) is 10.0 Å². The van der Waals surface area contributed by atoms with Crippen LogP contribution in [0.4, 0.5) is 14.5 Å². The van der Waals surface area contributed by atoms with E-state index >= 15 is 0 Å². The number of rotatable bonds is 6. The molecule has 1 fully saturated rings. The average Bonchev–Trinajstić information content (AvgIpc) is 3.61. The summed E-state index contributed by atoms with van der Waals surface area (Å²) < 4.78 is 59.8. The maximum atomic E-state index is 14.2. The highest BCUT2D eigenvalue weighted by molar-refractivity contribution is 7.92. The summed E-state index contributed by atoms with van der Waals surface area (Å²) in [6.45, 7) is 0. The molecule has 3 aromatic rings. The van der Waals surface area contributed by atoms with Crippen molar-refractivity contribution in [2.75, 3.05) is 11.8 Å². The number of hydrogen-bond donors (Lipinski definition) is 1. The summed E-state index contributed by atoms with van der Waals surface area (Å²) in [7, 11) is -3.18. The molecule has 4 rings (SSSR count). The predicted octanol–water partition coefficient (Wildman–Crippen LogP) is 3.89. The van der Waals surface area contributed by atoms with E-state index in [2.05, 4.69) is 14.7 Å². The van der Waals surface area contributed by atoms with Crippen LogP contribution in [-0.4, -0.2) is 31.5 Å². The third kappa shape index (κ3) is 4.38. The Morgan fingerprint density at radius 2 is 1.68 bits per heavy atom. The van der Waals surface area contributed by atoms with Gasteiger partial charge in [-0.1, -0.05) is 12.1 Å². The van der Waals surface area contributed by atoms with Gasteiger partial charge in [0.15, 0.2) is 0 Å². The lowest BCUT2D eigenvalue weighted by Gasteiger charge is -2.11. The molecule has 0 spiro atoms. The van der Waals surface area contributed by atoms with Gasteiger partial charge in [0.2, 0.25) is 0 Å². The molecule has 0 radical (unpaired) electrons. The van der Waals surface area contributed by atoms with Gasteiger partial charge >= 0.3 is 5.97 Å². The molecule has 0 bridgehead atoms. The Hall–Kier alpha value is -3.40. The summed E-state index contributed by atoms with van der Waals surface area (Å²) in [6.07, 6.45) is 5.55. The van der Waals surface area contributed by atoms with E-state index in [1.807, 2.05) is 4.72 Å². The van der Waals surface area contributed by atoms with E-state index in [0.717, 1.165) is 31.3 Å². The minimum atomic E-state index is -4.20. The van der Waals surface area contributed by atoms with Crippen molar-refractivity contribution in [2.45, 2.75) is 23.7 Å². The van der Waals surface area contributed by atoms with Crippen molar-refractivity contribution in [3.05, 3.63) is 71.8 Å². The minimum Gasteiger partial charge on any atom is -0.465 e. The van der Waals surface area contributed by atoms with Crippen molar-refractivity contribution in [1.82, 2.24) is 9.97 Å². The zero-order valence-corrected chi connectivity index (χ0v) is 17.1. The molecule has 0 atom stereocenters. The van der Waals surface area contributed by atoms with Crippen LogP contribution in [0.5, 0.6) is 0 Å². The number of halogens is 2. The van der Waals surface area contributed by atoms with Gasteiger partial charge in [-0.3, -0.25) is 4.72 Å². The maximum Gasteiger partial charge on any atom is 0.340 e. The first kappa shape index (κ1) is 20.9. The summed E-state index contributed by atoms with van der Waals surface area (Å²) >= 11 is 0. The van der Waals surface area contributed by atoms with Gasteiger partial charge in [-0.2, -0.15) is 0 Å². The Labute approximate surface area is 177 Å². The molecule has 7 nitrogen and oxygen atoms in total. The van der Waals surface area contributed by atoms with E-state index in [1.165, 1.54) is 12.1 Å². The normalized spacial score (nSPS) is 13.6. The van der Waals surface area contributed by atoms with Crippen LogP contribution in [0.15, 0.2) is 53.7 Å². The number of nitrogens with zero attached hydrogens (tertiary/aromatic N) is 2. The van der Waals surface area contributed by atoms with Crippen molar-refractivity contribution >= 4 is 21.7 Å². The Morgan fingerprint density at radius 1 is 1.03 bits per heavy atom. The highest BCUT2D eigenvalue weighted by Crippen LogP contribution is 2.38. The van der Waals surface area contributed by atoms with Crippen LogP contribution in [0.1, 0.15) is 34.9 Å². The molecule has 10 heteroatoms. The first-order valence-corrected chi connectivity index (χ1v) is 10.8. The van der Waals surface area contributed by atoms with Gasteiger partial charge < -0.3 is 4.74 Å². The van der Waals surface area contributed by atoms with Crippen LogP contribution in [0, 0.1) is 11.6 Å². The molecule has 1 N–H and O–H groups in total. The number of carbonyl (C=O) groups is 1. The summed E-state index contributed by atoms with van der Waals surface area (Å²) in [4.78, 5) is 20.0. The molecule has 0 aliphatic heterocycles. The van der Waals surface area contributed by atoms with Crippen LogP contribution >= 0.6 is 0 Å². The Kier molecular flexibility index (Phi) is 5.40. The summed E-state index contributed by atoms with van der Waals surface area (Å²) in [5.41, 5.74) is 0.175. The van der Waals surface area contributed by atoms with E-state index in [4.69, 9.17) is 0 Å². The standard InChI is InChI=1S/C21H17F2N3O4S/c1-30-21(27)16-8-18(23)19(9-17(16)22)26-31(28,29)15-6-4-12(5-7-15)14-10-24-20(25-11-14)13-2-3-13/h4-11,13,26H,2-3H2,1H3. The van der Waals surface area contributed by atoms with Crippen molar-refractivity contribution < 1.29 is 26.7 Å². The van der Waals surface area contributed by atoms with E-state index in [9.17, 15) is 22.0 Å². The van der Waals surface area contributed by atoms with E-state index in [1.54, 1.807) is 24.5 Å². The smallest absolute Gasteiger partial charge is 0.340 e. The number of nitrogens with one attached hydrogen (secondary N) is 1. The second-order valence-electron chi connectivity index (χ2n) is 7.04. The zero-order valence-electron chi connectivity index (χ0n) is 16.3. The zero-order chi connectivity index (χ0) is 22.2. The lowest BCUT2D eigenvalue weighted by molar-refractivity contribution is 0.0595. The van der Waals surface area contributed by atoms with Crippen LogP contribution in [0.3, 0.4) is 0 Å². The van der Waals surface area contributed by atoms with Crippen LogP contribution in [-0.2, 0) is 14.8 Å². The third-order valence-corrected chi connectivity index (χ3v) is 6.20. The molecule has 1 aliphatic carbocycles. The minimum absolute atomic E-state index is 0.149. The van der Waals surface area contributed by atoms with Crippen molar-refractivity contribution in [3.63, 3.8) is 0 Å². The highest BCUT2D eigenvalue weighted by atomic mass is 32.2. The maximum absolute atomic E-state index is 14.2. The predicted molar refractivity (Wildman–Crippen MR) is 108 cm³/mol. The number of benzene rings is 2. The Bertz CT molecular complexity index is 1240. The fourth-order valence-electron chi connectivity index (χ4n) is 2.96. The number of aromatic nitrogens is 2. The molecule has 1 saturated carbocycles. The molecule has 1 aromatic heterocycles. The van der Waals surface area contributed by atoms with Gasteiger partial charge in [-0.15, -0.1) is 0 Å². The number of methoxy groups -OCH3 is 1. The van der Waals surface area contributed by atoms with Gasteiger partial charge in [0, 0.05) is 29.9 Å². The topological polar surface area (TPSA) is 98.2 Å². The number of sulfonamides is 1. The average molecular weight is 445 g/mol. The second-order valence-corrected chi connectivity index (χ2v) is 8.72. The fourth-order valence-corrected chi connectivity index (χ4v) is 4.02. The lowest BCUT2D eigenvalue weighted by Crippen LogP contribution is -2.15. The SMILES string of the molecule is COC(=O)c1cc(F)c(NS(=O)(=O)c2ccc(-c3cnc(C4CC4)nc3)cc2)cc1F. The lowest BCUT2D eigenvalue weighted by atomic mass is 10.1. The van der Waals surface area contributed by atoms with Gasteiger partial charge in [0.05, 0.1) is 23.3 Å². The van der Waals surface area contributed by atoms with E-state index < -0.39 is 38.9 Å². The highest BCUT2D eigenvalue weighted by Gasteiger charge is 2.26. The monoisotopic (exact) mass is 445 g/mol. The first-order chi connectivity index (χ1) is 14.8. The Morgan fingerprint density at radius 3 is 2.26 bits per heavy atom. The summed E-state index contributed by atoms with van der Waals surface area (Å²) in [5.74, 6) is -2.07. The van der Waals surface area contributed by atoms with Crippen LogP contribution < -0.4 is 4.72 Å². The Balaban J connectivity index is 1.55. The number of carbonyl (C=O) groups excluding carboxylic acids is 1. The number of anilines is 1.